The first-order valence-corrected chi connectivity index (χ1v) is 9.35. The molecule has 0 spiro atoms. The highest BCUT2D eigenvalue weighted by molar-refractivity contribution is 7.84. The molecule has 0 radical (unpaired) electrons. The molecule has 0 aliphatic heterocycles. The van der Waals surface area contributed by atoms with E-state index in [-0.39, 0.29) is 23.5 Å². The number of carbonyl (C=O) groups is 1. The van der Waals surface area contributed by atoms with E-state index in [0.717, 1.165) is 25.7 Å². The van der Waals surface area contributed by atoms with Gasteiger partial charge in [0.15, 0.2) is 5.76 Å². The Bertz CT molecular complexity index is 705. The number of carbonyl (C=O) groups excluding carboxylic acids is 1. The molecule has 0 bridgehead atoms. The molecular weight excluding hydrogens is 334 g/mol. The van der Waals surface area contributed by atoms with Crippen LogP contribution < -0.4 is 5.32 Å². The lowest BCUT2D eigenvalue weighted by molar-refractivity contribution is 0.0908. The summed E-state index contributed by atoms with van der Waals surface area (Å²) in [5.41, 5.74) is 0. The van der Waals surface area contributed by atoms with Crippen molar-refractivity contribution in [3.63, 3.8) is 0 Å². The second-order valence-electron chi connectivity index (χ2n) is 5.66. The van der Waals surface area contributed by atoms with Crippen LogP contribution in [0.25, 0.3) is 0 Å². The number of nitrogens with one attached hydrogen (secondary N) is 1. The van der Waals surface area contributed by atoms with Crippen LogP contribution in [0.1, 0.15) is 42.0 Å². The number of halogens is 1. The van der Waals surface area contributed by atoms with Crippen LogP contribution in [0.15, 0.2) is 45.7 Å². The number of rotatable bonds is 5. The molecule has 3 rings (SSSR count). The molecule has 23 heavy (non-hydrogen) atoms. The topological polar surface area (TPSA) is 59.3 Å². The zero-order valence-electron chi connectivity index (χ0n) is 12.6. The van der Waals surface area contributed by atoms with E-state index in [1.807, 2.05) is 0 Å². The summed E-state index contributed by atoms with van der Waals surface area (Å²) < 4.78 is 17.8. The van der Waals surface area contributed by atoms with Crippen LogP contribution in [-0.4, -0.2) is 16.2 Å². The first-order chi connectivity index (χ1) is 11.1. The monoisotopic (exact) mass is 351 g/mol. The lowest BCUT2D eigenvalue weighted by atomic mass is 10.2. The van der Waals surface area contributed by atoms with Crippen molar-refractivity contribution in [3.8, 4) is 0 Å². The predicted molar refractivity (Wildman–Crippen MR) is 90.0 cm³/mol. The minimum Gasteiger partial charge on any atom is -0.455 e. The maximum absolute atomic E-state index is 12.3. The zero-order valence-corrected chi connectivity index (χ0v) is 14.2. The zero-order chi connectivity index (χ0) is 16.2. The van der Waals surface area contributed by atoms with Crippen molar-refractivity contribution in [2.75, 3.05) is 0 Å². The summed E-state index contributed by atoms with van der Waals surface area (Å²) in [5.74, 6) is 0.855. The first kappa shape index (κ1) is 16.3. The average molecular weight is 352 g/mol. The first-order valence-electron chi connectivity index (χ1n) is 7.65. The van der Waals surface area contributed by atoms with Crippen molar-refractivity contribution in [1.29, 1.82) is 0 Å². The third-order valence-corrected chi connectivity index (χ3v) is 5.52. The Labute approximate surface area is 142 Å². The molecule has 6 heteroatoms. The third kappa shape index (κ3) is 4.24. The van der Waals surface area contributed by atoms with Crippen LogP contribution in [0, 0.1) is 0 Å². The normalized spacial score (nSPS) is 16.4. The molecule has 1 saturated carbocycles. The van der Waals surface area contributed by atoms with Crippen molar-refractivity contribution in [3.05, 3.63) is 52.9 Å². The summed E-state index contributed by atoms with van der Waals surface area (Å²) in [5, 5.41) is 3.58. The lowest BCUT2D eigenvalue weighted by Gasteiger charge is -2.09. The van der Waals surface area contributed by atoms with Crippen LogP contribution >= 0.6 is 11.6 Å². The molecule has 1 N–H and O–H groups in total. The van der Waals surface area contributed by atoms with Gasteiger partial charge in [0.05, 0.1) is 16.6 Å². The summed E-state index contributed by atoms with van der Waals surface area (Å²) in [7, 11) is -1.23. The Hall–Kier alpha value is -1.59. The van der Waals surface area contributed by atoms with Gasteiger partial charge in [-0.2, -0.15) is 0 Å². The van der Waals surface area contributed by atoms with Gasteiger partial charge in [0, 0.05) is 16.0 Å². The summed E-state index contributed by atoms with van der Waals surface area (Å²) >= 11 is 5.82. The van der Waals surface area contributed by atoms with Crippen LogP contribution in [-0.2, 0) is 16.6 Å². The molecular formula is C17H18ClNO3S. The van der Waals surface area contributed by atoms with Crippen LogP contribution in [0.4, 0.5) is 0 Å². The maximum Gasteiger partial charge on any atom is 0.287 e. The van der Waals surface area contributed by atoms with Crippen molar-refractivity contribution in [1.82, 2.24) is 5.32 Å². The van der Waals surface area contributed by atoms with E-state index in [1.54, 1.807) is 36.4 Å². The average Bonchev–Trinajstić information content (AvgIpc) is 3.19. The van der Waals surface area contributed by atoms with Gasteiger partial charge >= 0.3 is 0 Å². The number of furan rings is 1. The highest BCUT2D eigenvalue weighted by atomic mass is 35.5. The van der Waals surface area contributed by atoms with E-state index in [2.05, 4.69) is 5.32 Å². The Balaban J connectivity index is 1.61. The summed E-state index contributed by atoms with van der Waals surface area (Å²) in [4.78, 5) is 12.8. The van der Waals surface area contributed by atoms with Crippen LogP contribution in [0.3, 0.4) is 0 Å². The number of benzene rings is 1. The summed E-state index contributed by atoms with van der Waals surface area (Å²) in [6, 6.07) is 10.5. The number of amides is 1. The standard InChI is InChI=1S/C17H18ClNO3S/c18-12-5-8-15(9-6-12)23(21)11-14-7-10-16(22-14)17(20)19-13-3-1-2-4-13/h5-10,13H,1-4,11H2,(H,19,20). The smallest absolute Gasteiger partial charge is 0.287 e. The van der Waals surface area contributed by atoms with Gasteiger partial charge < -0.3 is 9.73 Å². The minimum absolute atomic E-state index is 0.194. The highest BCUT2D eigenvalue weighted by Crippen LogP contribution is 2.20. The van der Waals surface area contributed by atoms with Crippen molar-refractivity contribution in [2.45, 2.75) is 42.4 Å². The summed E-state index contributed by atoms with van der Waals surface area (Å²) in [6.07, 6.45) is 4.38. The molecule has 1 aromatic heterocycles. The molecule has 1 aliphatic carbocycles. The molecule has 1 fully saturated rings. The molecule has 1 unspecified atom stereocenters. The minimum atomic E-state index is -1.23. The lowest BCUT2D eigenvalue weighted by Crippen LogP contribution is -2.32. The highest BCUT2D eigenvalue weighted by Gasteiger charge is 2.20. The summed E-state index contributed by atoms with van der Waals surface area (Å²) in [6.45, 7) is 0. The maximum atomic E-state index is 12.3. The molecule has 1 amide bonds. The molecule has 1 aromatic carbocycles. The van der Waals surface area contributed by atoms with Gasteiger partial charge in [-0.3, -0.25) is 9.00 Å². The third-order valence-electron chi connectivity index (χ3n) is 3.93. The van der Waals surface area contributed by atoms with E-state index in [9.17, 15) is 9.00 Å². The van der Waals surface area contributed by atoms with E-state index in [0.29, 0.717) is 15.7 Å². The Kier molecular flexibility index (Phi) is 5.18. The molecule has 0 saturated heterocycles. The second kappa shape index (κ2) is 7.32. The fourth-order valence-electron chi connectivity index (χ4n) is 2.70. The largest absolute Gasteiger partial charge is 0.455 e. The van der Waals surface area contributed by atoms with Gasteiger partial charge in [0.1, 0.15) is 5.76 Å². The second-order valence-corrected chi connectivity index (χ2v) is 7.55. The molecule has 1 aliphatic rings. The SMILES string of the molecule is O=C(NC1CCCC1)c1ccc(CS(=O)c2ccc(Cl)cc2)o1. The molecule has 1 heterocycles. The van der Waals surface area contributed by atoms with E-state index < -0.39 is 10.8 Å². The molecule has 1 atom stereocenters. The van der Waals surface area contributed by atoms with Crippen LogP contribution in [0.2, 0.25) is 5.02 Å². The fourth-order valence-corrected chi connectivity index (χ4v) is 3.85. The van der Waals surface area contributed by atoms with E-state index in [1.165, 1.54) is 0 Å². The number of hydrogen-bond acceptors (Lipinski definition) is 3. The predicted octanol–water partition coefficient (Wildman–Crippen LogP) is 3.91. The van der Waals surface area contributed by atoms with Gasteiger partial charge in [0.2, 0.25) is 0 Å². The van der Waals surface area contributed by atoms with Gasteiger partial charge in [-0.1, -0.05) is 24.4 Å². The van der Waals surface area contributed by atoms with Crippen molar-refractivity contribution in [2.24, 2.45) is 0 Å². The van der Waals surface area contributed by atoms with E-state index in [4.69, 9.17) is 16.0 Å². The number of hydrogen-bond donors (Lipinski definition) is 1. The van der Waals surface area contributed by atoms with Crippen molar-refractivity contribution >= 4 is 28.3 Å². The molecule has 2 aromatic rings. The Morgan fingerprint density at radius 2 is 1.87 bits per heavy atom. The quantitative estimate of drug-likeness (QED) is 0.888. The molecule has 4 nitrogen and oxygen atoms in total. The van der Waals surface area contributed by atoms with Gasteiger partial charge in [-0.15, -0.1) is 0 Å². The Morgan fingerprint density at radius 3 is 2.57 bits per heavy atom. The fraction of sp³-hybridized carbons (Fsp3) is 0.353. The van der Waals surface area contributed by atoms with Crippen LogP contribution in [0.5, 0.6) is 0 Å². The van der Waals surface area contributed by atoms with Crippen molar-refractivity contribution < 1.29 is 13.4 Å². The Morgan fingerprint density at radius 1 is 1.17 bits per heavy atom. The van der Waals surface area contributed by atoms with Gasteiger partial charge in [-0.05, 0) is 49.2 Å². The molecule has 122 valence electrons. The van der Waals surface area contributed by atoms with Gasteiger partial charge in [0.25, 0.3) is 5.91 Å². The van der Waals surface area contributed by atoms with E-state index >= 15 is 0 Å². The van der Waals surface area contributed by atoms with Gasteiger partial charge in [-0.25, -0.2) is 0 Å².